The number of para-hydroxylation sites is 1. The van der Waals surface area contributed by atoms with E-state index in [-0.39, 0.29) is 28.9 Å². The number of phenols is 1. The highest BCUT2D eigenvalue weighted by Gasteiger charge is 2.27. The van der Waals surface area contributed by atoms with Gasteiger partial charge in [0.1, 0.15) is 5.75 Å². The fourth-order valence-corrected chi connectivity index (χ4v) is 3.71. The molecule has 1 fully saturated rings. The van der Waals surface area contributed by atoms with Crippen molar-refractivity contribution in [2.24, 2.45) is 0 Å². The van der Waals surface area contributed by atoms with E-state index in [4.69, 9.17) is 0 Å². The third-order valence-electron chi connectivity index (χ3n) is 5.26. The van der Waals surface area contributed by atoms with Crippen molar-refractivity contribution in [1.29, 1.82) is 0 Å². The first-order chi connectivity index (χ1) is 13.0. The number of nitrogens with zero attached hydrogens (tertiary/aromatic N) is 2. The van der Waals surface area contributed by atoms with E-state index in [9.17, 15) is 19.5 Å². The normalized spacial score (nSPS) is 16.4. The van der Waals surface area contributed by atoms with Gasteiger partial charge in [0.25, 0.3) is 11.8 Å². The average molecular weight is 364 g/mol. The summed E-state index contributed by atoms with van der Waals surface area (Å²) < 4.78 is 0. The monoisotopic (exact) mass is 364 g/mol. The number of ketones is 1. The van der Waals surface area contributed by atoms with Crippen molar-refractivity contribution in [3.05, 3.63) is 64.7 Å². The number of aryl methyl sites for hydroxylation is 1. The molecular weight excluding hydrogens is 344 g/mol. The van der Waals surface area contributed by atoms with Gasteiger partial charge in [-0.15, -0.1) is 0 Å². The van der Waals surface area contributed by atoms with Crippen LogP contribution in [0.3, 0.4) is 0 Å². The maximum atomic E-state index is 12.8. The van der Waals surface area contributed by atoms with E-state index in [2.05, 4.69) is 0 Å². The van der Waals surface area contributed by atoms with Crippen molar-refractivity contribution in [1.82, 2.24) is 9.80 Å². The van der Waals surface area contributed by atoms with Crippen molar-refractivity contribution in [3.63, 3.8) is 0 Å². The van der Waals surface area contributed by atoms with Crippen LogP contribution in [0.1, 0.15) is 43.1 Å². The predicted molar refractivity (Wildman–Crippen MR) is 99.0 cm³/mol. The number of phenolic OH excluding ortho intramolecular Hbond substituents is 1. The Balaban J connectivity index is 1.42. The maximum Gasteiger partial charge on any atom is 0.257 e. The van der Waals surface area contributed by atoms with Crippen molar-refractivity contribution in [3.8, 4) is 5.75 Å². The molecule has 1 saturated heterocycles. The standard InChI is InChI=1S/C21H20N2O4/c24-18-4-2-1-3-17(18)21(27)23-11-9-22(10-12-23)20(26)15-5-7-16-14(13-15)6-8-19(16)25/h1-5,7,13,24H,6,8-12H2. The van der Waals surface area contributed by atoms with E-state index < -0.39 is 0 Å². The van der Waals surface area contributed by atoms with Gasteiger partial charge in [-0.3, -0.25) is 14.4 Å². The molecule has 27 heavy (non-hydrogen) atoms. The highest BCUT2D eigenvalue weighted by Crippen LogP contribution is 2.24. The molecule has 0 saturated carbocycles. The lowest BCUT2D eigenvalue weighted by Crippen LogP contribution is -2.50. The Morgan fingerprint density at radius 1 is 0.852 bits per heavy atom. The Morgan fingerprint density at radius 3 is 2.22 bits per heavy atom. The van der Waals surface area contributed by atoms with Gasteiger partial charge in [-0.2, -0.15) is 0 Å². The van der Waals surface area contributed by atoms with Crippen LogP contribution in [0.2, 0.25) is 0 Å². The first-order valence-electron chi connectivity index (χ1n) is 9.07. The minimum atomic E-state index is -0.226. The second kappa shape index (κ2) is 6.87. The fourth-order valence-electron chi connectivity index (χ4n) is 3.71. The van der Waals surface area contributed by atoms with Gasteiger partial charge in [0, 0.05) is 43.7 Å². The third kappa shape index (κ3) is 3.18. The number of hydrogen-bond donors (Lipinski definition) is 1. The largest absolute Gasteiger partial charge is 0.507 e. The minimum absolute atomic E-state index is 0.0336. The van der Waals surface area contributed by atoms with Gasteiger partial charge >= 0.3 is 0 Å². The summed E-state index contributed by atoms with van der Waals surface area (Å²) in [6.45, 7) is 1.72. The van der Waals surface area contributed by atoms with Crippen molar-refractivity contribution < 1.29 is 19.5 Å². The molecule has 0 aromatic heterocycles. The molecular formula is C21H20N2O4. The van der Waals surface area contributed by atoms with Crippen LogP contribution in [-0.4, -0.2) is 58.7 Å². The Bertz CT molecular complexity index is 930. The zero-order valence-corrected chi connectivity index (χ0v) is 14.9. The number of amides is 2. The quantitative estimate of drug-likeness (QED) is 0.885. The number of carbonyl (C=O) groups excluding carboxylic acids is 3. The lowest BCUT2D eigenvalue weighted by atomic mass is 10.0. The van der Waals surface area contributed by atoms with Crippen LogP contribution in [0.5, 0.6) is 5.75 Å². The van der Waals surface area contributed by atoms with Crippen LogP contribution in [-0.2, 0) is 6.42 Å². The molecule has 0 atom stereocenters. The molecule has 6 heteroatoms. The summed E-state index contributed by atoms with van der Waals surface area (Å²) in [7, 11) is 0. The van der Waals surface area contributed by atoms with Crippen LogP contribution < -0.4 is 0 Å². The Morgan fingerprint density at radius 2 is 1.52 bits per heavy atom. The van der Waals surface area contributed by atoms with Crippen molar-refractivity contribution in [2.45, 2.75) is 12.8 Å². The van der Waals surface area contributed by atoms with E-state index in [1.807, 2.05) is 6.07 Å². The van der Waals surface area contributed by atoms with Gasteiger partial charge < -0.3 is 14.9 Å². The summed E-state index contributed by atoms with van der Waals surface area (Å²) in [6, 6.07) is 11.8. The zero-order chi connectivity index (χ0) is 19.0. The molecule has 6 nitrogen and oxygen atoms in total. The summed E-state index contributed by atoms with van der Waals surface area (Å²) in [6.07, 6.45) is 1.21. The molecule has 0 unspecified atom stereocenters. The number of carbonyl (C=O) groups is 3. The number of benzene rings is 2. The number of piperazine rings is 1. The van der Waals surface area contributed by atoms with Gasteiger partial charge in [-0.25, -0.2) is 0 Å². The SMILES string of the molecule is O=C1CCc2cc(C(=O)N3CCN(C(=O)c4ccccc4O)CC3)ccc21. The lowest BCUT2D eigenvalue weighted by molar-refractivity contribution is 0.0533. The molecule has 1 N–H and O–H groups in total. The van der Waals surface area contributed by atoms with Gasteiger partial charge in [0.05, 0.1) is 5.56 Å². The van der Waals surface area contributed by atoms with Crippen molar-refractivity contribution >= 4 is 17.6 Å². The number of hydrogen-bond acceptors (Lipinski definition) is 4. The molecule has 2 amide bonds. The highest BCUT2D eigenvalue weighted by atomic mass is 16.3. The minimum Gasteiger partial charge on any atom is -0.507 e. The second-order valence-electron chi connectivity index (χ2n) is 6.90. The second-order valence-corrected chi connectivity index (χ2v) is 6.90. The fraction of sp³-hybridized carbons (Fsp3) is 0.286. The van der Waals surface area contributed by atoms with Crippen molar-refractivity contribution in [2.75, 3.05) is 26.2 Å². The first kappa shape index (κ1) is 17.3. The molecule has 0 spiro atoms. The molecule has 4 rings (SSSR count). The summed E-state index contributed by atoms with van der Waals surface area (Å²) in [5.74, 6) is -0.197. The smallest absolute Gasteiger partial charge is 0.257 e. The van der Waals surface area contributed by atoms with E-state index >= 15 is 0 Å². The maximum absolute atomic E-state index is 12.8. The summed E-state index contributed by atoms with van der Waals surface area (Å²) >= 11 is 0. The van der Waals surface area contributed by atoms with Crippen LogP contribution in [0.4, 0.5) is 0 Å². The Hall–Kier alpha value is -3.15. The number of Topliss-reactive ketones (excluding diaryl/α,β-unsaturated/α-hetero) is 1. The average Bonchev–Trinajstić information content (AvgIpc) is 3.08. The lowest BCUT2D eigenvalue weighted by Gasteiger charge is -2.35. The van der Waals surface area contributed by atoms with Crippen LogP contribution in [0.15, 0.2) is 42.5 Å². The molecule has 0 bridgehead atoms. The van der Waals surface area contributed by atoms with Gasteiger partial charge in [0.15, 0.2) is 5.78 Å². The highest BCUT2D eigenvalue weighted by molar-refractivity contribution is 6.02. The van der Waals surface area contributed by atoms with Crippen LogP contribution in [0.25, 0.3) is 0 Å². The molecule has 138 valence electrons. The molecule has 1 aliphatic carbocycles. The van der Waals surface area contributed by atoms with Crippen LogP contribution >= 0.6 is 0 Å². The molecule has 2 aliphatic rings. The topological polar surface area (TPSA) is 77.9 Å². The molecule has 1 aliphatic heterocycles. The molecule has 2 aromatic rings. The number of aromatic hydroxyl groups is 1. The number of rotatable bonds is 2. The van der Waals surface area contributed by atoms with E-state index in [1.54, 1.807) is 40.1 Å². The van der Waals surface area contributed by atoms with E-state index in [0.717, 1.165) is 11.1 Å². The zero-order valence-electron chi connectivity index (χ0n) is 14.9. The Labute approximate surface area is 157 Å². The first-order valence-corrected chi connectivity index (χ1v) is 9.07. The van der Waals surface area contributed by atoms with Gasteiger partial charge in [0.2, 0.25) is 0 Å². The number of fused-ring (bicyclic) bond motifs is 1. The molecule has 1 heterocycles. The van der Waals surface area contributed by atoms with Crippen LogP contribution in [0, 0.1) is 0 Å². The van der Waals surface area contributed by atoms with E-state index in [1.165, 1.54) is 6.07 Å². The summed E-state index contributed by atoms with van der Waals surface area (Å²) in [5, 5.41) is 9.86. The predicted octanol–water partition coefficient (Wildman–Crippen LogP) is 2.12. The Kier molecular flexibility index (Phi) is 4.39. The van der Waals surface area contributed by atoms with Gasteiger partial charge in [-0.1, -0.05) is 18.2 Å². The molecule has 2 aromatic carbocycles. The molecule has 0 radical (unpaired) electrons. The van der Waals surface area contributed by atoms with Gasteiger partial charge in [-0.05, 0) is 36.2 Å². The third-order valence-corrected chi connectivity index (χ3v) is 5.26. The summed E-state index contributed by atoms with van der Waals surface area (Å²) in [4.78, 5) is 40.5. The van der Waals surface area contributed by atoms with E-state index in [0.29, 0.717) is 44.6 Å². The summed E-state index contributed by atoms with van der Waals surface area (Å²) in [5.41, 5.74) is 2.54.